The number of nitrogens with one attached hydrogen (secondary N) is 2. The molecule has 1 fully saturated rings. The van der Waals surface area contributed by atoms with E-state index >= 15 is 0 Å². The molecule has 1 aromatic carbocycles. The Hall–Kier alpha value is -3.74. The third-order valence-electron chi connectivity index (χ3n) is 5.48. The van der Waals surface area contributed by atoms with Crippen LogP contribution in [-0.4, -0.2) is 74.3 Å². The third kappa shape index (κ3) is 7.90. The van der Waals surface area contributed by atoms with E-state index in [1.54, 1.807) is 48.5 Å². The predicted molar refractivity (Wildman–Crippen MR) is 145 cm³/mol. The number of amides is 3. The smallest absolute Gasteiger partial charge is 0.408 e. The van der Waals surface area contributed by atoms with Gasteiger partial charge >= 0.3 is 18.0 Å². The lowest BCUT2D eigenvalue weighted by molar-refractivity contribution is -0.157. The molecule has 2 heterocycles. The molecule has 3 unspecified atom stereocenters. The van der Waals surface area contributed by atoms with Gasteiger partial charge in [-0.25, -0.2) is 14.4 Å². The number of carboxylic acid groups (broad SMARTS) is 1. The van der Waals surface area contributed by atoms with Gasteiger partial charge in [0.05, 0.1) is 0 Å². The second-order valence-corrected chi connectivity index (χ2v) is 12.8. The number of carbonyl (C=O) groups is 5. The number of rotatable bonds is 8. The minimum absolute atomic E-state index is 0.128. The van der Waals surface area contributed by atoms with Crippen LogP contribution >= 0.6 is 11.8 Å². The lowest BCUT2D eigenvalue weighted by atomic mass is 10.0. The first-order chi connectivity index (χ1) is 18.4. The molecule has 4 atom stereocenters. The van der Waals surface area contributed by atoms with Gasteiger partial charge < -0.3 is 30.0 Å². The van der Waals surface area contributed by atoms with Crippen molar-refractivity contribution in [1.29, 1.82) is 0 Å². The van der Waals surface area contributed by atoms with Crippen LogP contribution in [0.25, 0.3) is 0 Å². The van der Waals surface area contributed by atoms with Gasteiger partial charge in [0.1, 0.15) is 40.1 Å². The van der Waals surface area contributed by atoms with Crippen molar-refractivity contribution in [3.8, 4) is 5.75 Å². The van der Waals surface area contributed by atoms with Crippen LogP contribution in [0.4, 0.5) is 4.79 Å². The van der Waals surface area contributed by atoms with Crippen molar-refractivity contribution in [3.05, 3.63) is 41.6 Å². The molecule has 2 aliphatic rings. The molecule has 2 aliphatic heterocycles. The SMILES string of the molecule is CC1C=C(C(=O)O)N2C(=O)C(NC(=O)C(NC(=O)OC(C)(C)C)c3ccc(OCC(=O)OC(C)(C)C)cc3)[C@H]2S1. The highest BCUT2D eigenvalue weighted by Gasteiger charge is 2.54. The molecule has 0 radical (unpaired) electrons. The van der Waals surface area contributed by atoms with E-state index in [1.807, 2.05) is 0 Å². The first-order valence-electron chi connectivity index (χ1n) is 12.6. The van der Waals surface area contributed by atoms with E-state index in [9.17, 15) is 29.1 Å². The number of aliphatic carboxylic acids is 1. The van der Waals surface area contributed by atoms with Gasteiger partial charge in [-0.15, -0.1) is 11.8 Å². The zero-order chi connectivity index (χ0) is 30.0. The first kappa shape index (κ1) is 30.8. The van der Waals surface area contributed by atoms with Crippen molar-refractivity contribution in [2.24, 2.45) is 0 Å². The standard InChI is InChI=1S/C27H35N3O9S/c1-14-12-17(24(34)35)30-22(33)20(23(30)40-14)28-21(32)19(29-25(36)39-27(5,6)7)15-8-10-16(11-9-15)37-13-18(31)38-26(2,3)4/h8-12,14,19-20,23H,13H2,1-7H3,(H,28,32)(H,29,36)(H,34,35)/t14?,19?,20?,23-/m1/s1. The maximum absolute atomic E-state index is 13.4. The number of nitrogens with zero attached hydrogens (tertiary/aromatic N) is 1. The number of fused-ring (bicyclic) bond motifs is 1. The quantitative estimate of drug-likeness (QED) is 0.310. The van der Waals surface area contributed by atoms with Gasteiger partial charge in [-0.2, -0.15) is 0 Å². The average molecular weight is 578 g/mol. The number of alkyl carbamates (subject to hydrolysis) is 1. The fourth-order valence-electron chi connectivity index (χ4n) is 3.96. The molecule has 3 rings (SSSR count). The molecule has 3 amide bonds. The molecule has 1 aromatic rings. The number of thioether (sulfide) groups is 1. The summed E-state index contributed by atoms with van der Waals surface area (Å²) in [5.74, 6) is -2.69. The first-order valence-corrected chi connectivity index (χ1v) is 13.6. The largest absolute Gasteiger partial charge is 0.482 e. The van der Waals surface area contributed by atoms with Crippen molar-refractivity contribution < 1.29 is 43.3 Å². The topological polar surface area (TPSA) is 161 Å². The maximum atomic E-state index is 13.4. The Balaban J connectivity index is 1.75. The Bertz CT molecular complexity index is 1200. The number of ether oxygens (including phenoxy) is 3. The van der Waals surface area contributed by atoms with Crippen LogP contribution < -0.4 is 15.4 Å². The van der Waals surface area contributed by atoms with E-state index < -0.39 is 58.5 Å². The summed E-state index contributed by atoms with van der Waals surface area (Å²) in [5, 5.41) is 13.9. The molecule has 0 aromatic heterocycles. The van der Waals surface area contributed by atoms with Crippen molar-refractivity contribution in [1.82, 2.24) is 15.5 Å². The summed E-state index contributed by atoms with van der Waals surface area (Å²) in [6, 6.07) is 3.87. The summed E-state index contributed by atoms with van der Waals surface area (Å²) >= 11 is 1.34. The Labute approximate surface area is 236 Å². The van der Waals surface area contributed by atoms with Crippen LogP contribution in [0.2, 0.25) is 0 Å². The van der Waals surface area contributed by atoms with Gasteiger partial charge in [-0.05, 0) is 72.2 Å². The monoisotopic (exact) mass is 577 g/mol. The Morgan fingerprint density at radius 3 is 2.17 bits per heavy atom. The number of hydrogen-bond donors (Lipinski definition) is 3. The fourth-order valence-corrected chi connectivity index (χ4v) is 5.29. The van der Waals surface area contributed by atoms with Crippen LogP contribution in [0, 0.1) is 0 Å². The number of carbonyl (C=O) groups excluding carboxylic acids is 4. The molecule has 0 saturated carbocycles. The second-order valence-electron chi connectivity index (χ2n) is 11.3. The molecule has 0 spiro atoms. The van der Waals surface area contributed by atoms with Crippen molar-refractivity contribution >= 4 is 41.6 Å². The zero-order valence-corrected chi connectivity index (χ0v) is 24.3. The molecule has 3 N–H and O–H groups in total. The Kier molecular flexibility index (Phi) is 9.07. The molecule has 1 saturated heterocycles. The highest BCUT2D eigenvalue weighted by molar-refractivity contribution is 8.00. The van der Waals surface area contributed by atoms with Crippen molar-refractivity contribution in [2.45, 2.75) is 82.4 Å². The van der Waals surface area contributed by atoms with Crippen LogP contribution in [-0.2, 0) is 28.7 Å². The van der Waals surface area contributed by atoms with Crippen LogP contribution in [0.5, 0.6) is 5.75 Å². The van der Waals surface area contributed by atoms with Crippen LogP contribution in [0.3, 0.4) is 0 Å². The summed E-state index contributed by atoms with van der Waals surface area (Å²) < 4.78 is 16.0. The lowest BCUT2D eigenvalue weighted by Crippen LogP contribution is -2.71. The molecule has 13 heteroatoms. The van der Waals surface area contributed by atoms with Crippen LogP contribution in [0.1, 0.15) is 60.1 Å². The van der Waals surface area contributed by atoms with E-state index in [0.29, 0.717) is 11.3 Å². The number of β-lactam (4-membered cyclic amide) rings is 1. The summed E-state index contributed by atoms with van der Waals surface area (Å²) in [5.41, 5.74) is -1.26. The normalized spacial score (nSPS) is 21.2. The van der Waals surface area contributed by atoms with E-state index in [4.69, 9.17) is 14.2 Å². The molecule has 40 heavy (non-hydrogen) atoms. The molecule has 0 aliphatic carbocycles. The Morgan fingerprint density at radius 1 is 1.02 bits per heavy atom. The highest BCUT2D eigenvalue weighted by atomic mass is 32.2. The zero-order valence-electron chi connectivity index (χ0n) is 23.5. The highest BCUT2D eigenvalue weighted by Crippen LogP contribution is 2.41. The minimum Gasteiger partial charge on any atom is -0.482 e. The number of benzene rings is 1. The number of hydrogen-bond acceptors (Lipinski definition) is 9. The molecular weight excluding hydrogens is 542 g/mol. The van der Waals surface area contributed by atoms with E-state index in [-0.39, 0.29) is 17.6 Å². The number of esters is 1. The third-order valence-corrected chi connectivity index (χ3v) is 6.81. The van der Waals surface area contributed by atoms with Crippen molar-refractivity contribution in [2.75, 3.05) is 6.61 Å². The predicted octanol–water partition coefficient (Wildman–Crippen LogP) is 2.73. The van der Waals surface area contributed by atoms with Gasteiger partial charge in [0, 0.05) is 5.25 Å². The van der Waals surface area contributed by atoms with Crippen molar-refractivity contribution in [3.63, 3.8) is 0 Å². The number of carboxylic acids is 1. The molecule has 218 valence electrons. The van der Waals surface area contributed by atoms with Gasteiger partial charge in [0.2, 0.25) is 5.91 Å². The Morgan fingerprint density at radius 2 is 1.62 bits per heavy atom. The summed E-state index contributed by atoms with van der Waals surface area (Å²) in [6.07, 6.45) is 0.634. The van der Waals surface area contributed by atoms with Crippen LogP contribution in [0.15, 0.2) is 36.0 Å². The lowest BCUT2D eigenvalue weighted by Gasteiger charge is -2.49. The van der Waals surface area contributed by atoms with Gasteiger partial charge in [0.15, 0.2) is 6.61 Å². The molecular formula is C27H35N3O9S. The van der Waals surface area contributed by atoms with Gasteiger partial charge in [-0.1, -0.05) is 12.1 Å². The fraction of sp³-hybridized carbons (Fsp3) is 0.519. The summed E-state index contributed by atoms with van der Waals surface area (Å²) in [4.78, 5) is 63.5. The minimum atomic E-state index is -1.25. The van der Waals surface area contributed by atoms with Gasteiger partial charge in [0.25, 0.3) is 5.91 Å². The van der Waals surface area contributed by atoms with E-state index in [1.165, 1.54) is 42.1 Å². The molecule has 12 nitrogen and oxygen atoms in total. The summed E-state index contributed by atoms with van der Waals surface area (Å²) in [6.45, 7) is 11.7. The summed E-state index contributed by atoms with van der Waals surface area (Å²) in [7, 11) is 0. The second kappa shape index (κ2) is 11.8. The van der Waals surface area contributed by atoms with E-state index in [2.05, 4.69) is 10.6 Å². The van der Waals surface area contributed by atoms with E-state index in [0.717, 1.165) is 4.90 Å². The average Bonchev–Trinajstić information content (AvgIpc) is 2.82. The maximum Gasteiger partial charge on any atom is 0.408 e. The van der Waals surface area contributed by atoms with Gasteiger partial charge in [-0.3, -0.25) is 14.5 Å². The molecule has 0 bridgehead atoms.